The second-order valence-corrected chi connectivity index (χ2v) is 9.56. The molecule has 4 nitrogen and oxygen atoms in total. The number of benzene rings is 4. The van der Waals surface area contributed by atoms with E-state index in [0.29, 0.717) is 17.2 Å². The molecule has 4 aromatic rings. The highest BCUT2D eigenvalue weighted by Gasteiger charge is 2.63. The summed E-state index contributed by atoms with van der Waals surface area (Å²) in [5.41, 5.74) is 4.13. The van der Waals surface area contributed by atoms with Crippen LogP contribution in [0.4, 0.5) is 0 Å². The Hall–Kier alpha value is -4.02. The molecule has 0 radical (unpaired) electrons. The number of hydrogen-bond acceptors (Lipinski definition) is 4. The van der Waals surface area contributed by atoms with Crippen LogP contribution in [0.3, 0.4) is 0 Å². The first-order valence-corrected chi connectivity index (χ1v) is 12.3. The molecule has 0 unspecified atom stereocenters. The van der Waals surface area contributed by atoms with Crippen LogP contribution < -0.4 is 0 Å². The van der Waals surface area contributed by atoms with E-state index in [2.05, 4.69) is 17.3 Å². The molecule has 3 atom stereocenters. The van der Waals surface area contributed by atoms with E-state index in [1.807, 2.05) is 103 Å². The minimum absolute atomic E-state index is 0.303. The average molecular weight is 491 g/mol. The van der Waals surface area contributed by atoms with Gasteiger partial charge in [-0.1, -0.05) is 120 Å². The molecule has 0 fully saturated rings. The van der Waals surface area contributed by atoms with E-state index in [-0.39, 0.29) is 5.92 Å². The van der Waals surface area contributed by atoms with Gasteiger partial charge < -0.3 is 4.84 Å². The molecule has 36 heavy (non-hydrogen) atoms. The summed E-state index contributed by atoms with van der Waals surface area (Å²) in [4.78, 5) is 24.8. The van der Waals surface area contributed by atoms with Gasteiger partial charge in [0.15, 0.2) is 0 Å². The molecule has 2 heterocycles. The maximum Gasteiger partial charge on any atom is 0.350 e. The van der Waals surface area contributed by atoms with E-state index in [0.717, 1.165) is 28.0 Å². The van der Waals surface area contributed by atoms with Crippen molar-refractivity contribution < 1.29 is 9.63 Å². The van der Waals surface area contributed by atoms with Gasteiger partial charge in [-0.3, -0.25) is 4.99 Å². The zero-order valence-electron chi connectivity index (χ0n) is 19.4. The Morgan fingerprint density at radius 2 is 1.36 bits per heavy atom. The summed E-state index contributed by atoms with van der Waals surface area (Å²) in [7, 11) is 0. The lowest BCUT2D eigenvalue weighted by atomic mass is 9.58. The second kappa shape index (κ2) is 9.21. The summed E-state index contributed by atoms with van der Waals surface area (Å²) in [5, 5.41) is 5.02. The summed E-state index contributed by atoms with van der Waals surface area (Å²) in [6, 6.07) is 37.1. The van der Waals surface area contributed by atoms with Crippen molar-refractivity contribution in [3.63, 3.8) is 0 Å². The van der Waals surface area contributed by atoms with Gasteiger partial charge in [0.2, 0.25) is 0 Å². The van der Waals surface area contributed by atoms with E-state index < -0.39 is 17.4 Å². The van der Waals surface area contributed by atoms with Gasteiger partial charge in [-0.2, -0.15) is 0 Å². The molecule has 5 heteroatoms. The standard InChI is InChI=1S/C31H23ClN2O2/c32-25-18-10-17-24(19-25)26-20-27(21-11-4-1-5-12-21)33-28(22-13-6-2-7-14-22)31(26)29(34-36-30(31)35)23-15-8-3-9-16-23/h1-19,26,28H,20H2/t26-,28+,31+/m0/s1. The van der Waals surface area contributed by atoms with Crippen LogP contribution in [0.1, 0.15) is 40.6 Å². The average Bonchev–Trinajstić information content (AvgIpc) is 3.27. The topological polar surface area (TPSA) is 51.0 Å². The number of rotatable bonds is 4. The Morgan fingerprint density at radius 1 is 0.750 bits per heavy atom. The molecular formula is C31H23ClN2O2. The Labute approximate surface area is 214 Å². The summed E-state index contributed by atoms with van der Waals surface area (Å²) in [6.07, 6.45) is 0.536. The number of halogens is 1. The highest BCUT2D eigenvalue weighted by atomic mass is 35.5. The van der Waals surface area contributed by atoms with Crippen molar-refractivity contribution in [1.29, 1.82) is 0 Å². The molecule has 176 valence electrons. The van der Waals surface area contributed by atoms with Gasteiger partial charge in [-0.15, -0.1) is 0 Å². The van der Waals surface area contributed by atoms with Crippen LogP contribution >= 0.6 is 11.6 Å². The van der Waals surface area contributed by atoms with Gasteiger partial charge in [0, 0.05) is 22.2 Å². The molecule has 0 amide bonds. The lowest BCUT2D eigenvalue weighted by molar-refractivity contribution is -0.150. The van der Waals surface area contributed by atoms with E-state index in [9.17, 15) is 4.79 Å². The molecule has 2 aliphatic heterocycles. The third-order valence-electron chi connectivity index (χ3n) is 7.13. The third-order valence-corrected chi connectivity index (χ3v) is 7.37. The summed E-state index contributed by atoms with van der Waals surface area (Å²) < 4.78 is 0. The molecule has 0 saturated carbocycles. The summed E-state index contributed by atoms with van der Waals surface area (Å²) in [6.45, 7) is 0. The SMILES string of the molecule is O=C1ON=C(c2ccccc2)[C@@]12[C@@H](c1ccccc1)N=C(c1ccccc1)C[C@H]2c1cccc(Cl)c1. The molecular weight excluding hydrogens is 468 g/mol. The van der Waals surface area contributed by atoms with Crippen LogP contribution in [0.2, 0.25) is 5.02 Å². The third kappa shape index (κ3) is 3.66. The number of aliphatic imine (C=N–C) groups is 1. The highest BCUT2D eigenvalue weighted by molar-refractivity contribution is 6.30. The van der Waals surface area contributed by atoms with Gasteiger partial charge in [0.25, 0.3) is 0 Å². The highest BCUT2D eigenvalue weighted by Crippen LogP contribution is 2.57. The van der Waals surface area contributed by atoms with Crippen molar-refractivity contribution in [3.05, 3.63) is 143 Å². The normalized spacial score (nSPS) is 23.2. The summed E-state index contributed by atoms with van der Waals surface area (Å²) >= 11 is 6.48. The first kappa shape index (κ1) is 22.4. The Kier molecular flexibility index (Phi) is 5.74. The number of oxime groups is 1. The lowest BCUT2D eigenvalue weighted by Crippen LogP contribution is -2.49. The summed E-state index contributed by atoms with van der Waals surface area (Å²) in [5.74, 6) is -0.695. The van der Waals surface area contributed by atoms with Crippen LogP contribution in [0.5, 0.6) is 0 Å². The first-order chi connectivity index (χ1) is 17.7. The smallest absolute Gasteiger partial charge is 0.317 e. The van der Waals surface area contributed by atoms with Gasteiger partial charge in [0.05, 0.1) is 6.04 Å². The van der Waals surface area contributed by atoms with Gasteiger partial charge in [0.1, 0.15) is 11.1 Å². The van der Waals surface area contributed by atoms with Crippen molar-refractivity contribution in [2.75, 3.05) is 0 Å². The van der Waals surface area contributed by atoms with E-state index in [1.54, 1.807) is 0 Å². The van der Waals surface area contributed by atoms with E-state index in [1.165, 1.54) is 0 Å². The van der Waals surface area contributed by atoms with Gasteiger partial charge in [-0.25, -0.2) is 4.79 Å². The largest absolute Gasteiger partial charge is 0.350 e. The maximum atomic E-state index is 14.0. The minimum atomic E-state index is -1.16. The molecule has 0 aromatic heterocycles. The monoisotopic (exact) mass is 490 g/mol. The zero-order chi connectivity index (χ0) is 24.5. The van der Waals surface area contributed by atoms with E-state index in [4.69, 9.17) is 21.4 Å². The number of nitrogens with zero attached hydrogens (tertiary/aromatic N) is 2. The molecule has 2 aliphatic rings. The van der Waals surface area contributed by atoms with Crippen LogP contribution in [0.25, 0.3) is 0 Å². The predicted octanol–water partition coefficient (Wildman–Crippen LogP) is 7.01. The Balaban J connectivity index is 1.66. The first-order valence-electron chi connectivity index (χ1n) is 12.0. The Bertz CT molecular complexity index is 1470. The van der Waals surface area contributed by atoms with Crippen molar-refractivity contribution in [3.8, 4) is 0 Å². The molecule has 6 rings (SSSR count). The molecule has 0 saturated heterocycles. The van der Waals surface area contributed by atoms with Crippen molar-refractivity contribution in [2.24, 2.45) is 15.6 Å². The molecule has 0 bridgehead atoms. The van der Waals surface area contributed by atoms with Crippen molar-refractivity contribution in [2.45, 2.75) is 18.4 Å². The van der Waals surface area contributed by atoms with Crippen molar-refractivity contribution >= 4 is 29.0 Å². The quantitative estimate of drug-likeness (QED) is 0.289. The molecule has 0 aliphatic carbocycles. The number of hydrogen-bond donors (Lipinski definition) is 0. The van der Waals surface area contributed by atoms with Gasteiger partial charge >= 0.3 is 5.97 Å². The second-order valence-electron chi connectivity index (χ2n) is 9.12. The maximum absolute atomic E-state index is 14.0. The lowest BCUT2D eigenvalue weighted by Gasteiger charge is -2.43. The number of carbonyl (C=O) groups is 1. The fourth-order valence-electron chi connectivity index (χ4n) is 5.53. The Morgan fingerprint density at radius 3 is 2.03 bits per heavy atom. The minimum Gasteiger partial charge on any atom is -0.317 e. The zero-order valence-corrected chi connectivity index (χ0v) is 20.2. The van der Waals surface area contributed by atoms with Crippen LogP contribution in [0, 0.1) is 5.41 Å². The fourth-order valence-corrected chi connectivity index (χ4v) is 5.72. The van der Waals surface area contributed by atoms with E-state index >= 15 is 0 Å². The van der Waals surface area contributed by atoms with Crippen LogP contribution in [0.15, 0.2) is 125 Å². The predicted molar refractivity (Wildman–Crippen MR) is 142 cm³/mol. The molecule has 1 spiro atoms. The fraction of sp³-hybridized carbons (Fsp3) is 0.129. The van der Waals surface area contributed by atoms with Crippen molar-refractivity contribution in [1.82, 2.24) is 0 Å². The van der Waals surface area contributed by atoms with Crippen LogP contribution in [-0.4, -0.2) is 17.4 Å². The van der Waals surface area contributed by atoms with Gasteiger partial charge in [-0.05, 0) is 35.2 Å². The molecule has 0 N–H and O–H groups in total. The molecule has 4 aromatic carbocycles. The number of carbonyl (C=O) groups excluding carboxylic acids is 1. The van der Waals surface area contributed by atoms with Crippen LogP contribution in [-0.2, 0) is 9.63 Å².